The Balaban J connectivity index is 1.40. The molecule has 0 saturated heterocycles. The predicted octanol–water partition coefficient (Wildman–Crippen LogP) is 4.90. The van der Waals surface area contributed by atoms with Gasteiger partial charge in [-0.05, 0) is 49.9 Å². The van der Waals surface area contributed by atoms with Gasteiger partial charge in [-0.15, -0.1) is 11.3 Å². The zero-order valence-corrected chi connectivity index (χ0v) is 19.7. The van der Waals surface area contributed by atoms with Crippen LogP contribution >= 0.6 is 22.9 Å². The number of pyridine rings is 1. The van der Waals surface area contributed by atoms with Crippen LogP contribution in [-0.2, 0) is 11.2 Å². The van der Waals surface area contributed by atoms with Gasteiger partial charge in [0.1, 0.15) is 0 Å². The van der Waals surface area contributed by atoms with Gasteiger partial charge in [0.25, 0.3) is 5.91 Å². The van der Waals surface area contributed by atoms with Crippen molar-refractivity contribution in [2.24, 2.45) is 5.92 Å². The van der Waals surface area contributed by atoms with Crippen molar-refractivity contribution in [3.63, 3.8) is 0 Å². The van der Waals surface area contributed by atoms with Gasteiger partial charge in [-0.3, -0.25) is 14.6 Å². The van der Waals surface area contributed by atoms with Crippen molar-refractivity contribution in [3.8, 4) is 11.3 Å². The van der Waals surface area contributed by atoms with Gasteiger partial charge in [-0.1, -0.05) is 17.7 Å². The van der Waals surface area contributed by atoms with Crippen molar-refractivity contribution < 1.29 is 9.59 Å². The van der Waals surface area contributed by atoms with E-state index >= 15 is 0 Å². The van der Waals surface area contributed by atoms with Crippen molar-refractivity contribution >= 4 is 40.4 Å². The third-order valence-electron chi connectivity index (χ3n) is 5.56. The maximum atomic E-state index is 12.4. The Morgan fingerprint density at radius 1 is 1.22 bits per heavy atom. The number of thiazole rings is 1. The average molecular weight is 469 g/mol. The third kappa shape index (κ3) is 5.34. The van der Waals surface area contributed by atoms with Crippen LogP contribution in [0.2, 0.25) is 5.02 Å². The Morgan fingerprint density at radius 3 is 2.62 bits per heavy atom. The molecule has 1 saturated carbocycles. The number of anilines is 1. The molecule has 0 atom stereocenters. The van der Waals surface area contributed by atoms with Gasteiger partial charge < -0.3 is 10.2 Å². The van der Waals surface area contributed by atoms with E-state index in [0.717, 1.165) is 36.2 Å². The van der Waals surface area contributed by atoms with E-state index in [1.165, 1.54) is 4.88 Å². The average Bonchev–Trinajstić information content (AvgIpc) is 3.52. The highest BCUT2D eigenvalue weighted by Gasteiger charge is 2.27. The van der Waals surface area contributed by atoms with Gasteiger partial charge in [0.15, 0.2) is 0 Å². The largest absolute Gasteiger partial charge is 0.352 e. The van der Waals surface area contributed by atoms with Gasteiger partial charge in [0.2, 0.25) is 5.91 Å². The van der Waals surface area contributed by atoms with Crippen LogP contribution in [-0.4, -0.2) is 34.9 Å². The van der Waals surface area contributed by atoms with Crippen LogP contribution in [0.3, 0.4) is 0 Å². The molecule has 1 aliphatic carbocycles. The molecule has 3 aromatic rings. The molecule has 0 unspecified atom stereocenters. The highest BCUT2D eigenvalue weighted by molar-refractivity contribution is 7.09. The lowest BCUT2D eigenvalue weighted by atomic mass is 10.1. The fraction of sp³-hybridized carbons (Fsp3) is 0.333. The van der Waals surface area contributed by atoms with Crippen LogP contribution in [0.1, 0.15) is 40.7 Å². The third-order valence-corrected chi connectivity index (χ3v) is 6.86. The molecule has 8 heteroatoms. The number of halogens is 1. The summed E-state index contributed by atoms with van der Waals surface area (Å²) in [7, 11) is 0. The summed E-state index contributed by atoms with van der Waals surface area (Å²) in [5.41, 5.74) is 5.61. The first-order valence-corrected chi connectivity index (χ1v) is 11.9. The molecule has 2 amide bonds. The molecule has 32 heavy (non-hydrogen) atoms. The number of hydrogen-bond donors (Lipinski definition) is 1. The summed E-state index contributed by atoms with van der Waals surface area (Å²) in [5.74, 6) is 0.406. The first-order chi connectivity index (χ1) is 15.4. The van der Waals surface area contributed by atoms with Gasteiger partial charge >= 0.3 is 0 Å². The topological polar surface area (TPSA) is 75.2 Å². The van der Waals surface area contributed by atoms with E-state index in [4.69, 9.17) is 11.6 Å². The fourth-order valence-corrected chi connectivity index (χ4v) is 4.56. The van der Waals surface area contributed by atoms with Crippen LogP contribution in [0.15, 0.2) is 42.0 Å². The maximum absolute atomic E-state index is 12.4. The Kier molecular flexibility index (Phi) is 6.86. The predicted molar refractivity (Wildman–Crippen MR) is 128 cm³/mol. The smallest absolute Gasteiger partial charge is 0.252 e. The van der Waals surface area contributed by atoms with Gasteiger partial charge in [0, 0.05) is 43.1 Å². The molecule has 2 heterocycles. The SMILES string of the molecule is CC(=O)N(CC1CC1)c1ccc(-c2ccc(C(=O)NCCc3scnc3C)cn2)cc1Cl. The number of aromatic nitrogens is 2. The summed E-state index contributed by atoms with van der Waals surface area (Å²) in [5, 5.41) is 3.44. The van der Waals surface area contributed by atoms with Crippen LogP contribution in [0.5, 0.6) is 0 Å². The summed E-state index contributed by atoms with van der Waals surface area (Å²) in [6.07, 6.45) is 4.65. The number of nitrogens with one attached hydrogen (secondary N) is 1. The van der Waals surface area contributed by atoms with Crippen LogP contribution in [0.25, 0.3) is 11.3 Å². The molecule has 6 nitrogen and oxygen atoms in total. The normalized spacial score (nSPS) is 13.1. The molecule has 0 radical (unpaired) electrons. The Bertz CT molecular complexity index is 1130. The van der Waals surface area contributed by atoms with Crippen molar-refractivity contribution in [1.82, 2.24) is 15.3 Å². The summed E-state index contributed by atoms with van der Waals surface area (Å²) < 4.78 is 0. The van der Waals surface area contributed by atoms with Crippen molar-refractivity contribution in [2.75, 3.05) is 18.0 Å². The number of aryl methyl sites for hydroxylation is 1. The van der Waals surface area contributed by atoms with Crippen molar-refractivity contribution in [3.05, 3.63) is 63.2 Å². The molecule has 2 aromatic heterocycles. The first kappa shape index (κ1) is 22.4. The van der Waals surface area contributed by atoms with E-state index in [0.29, 0.717) is 35.3 Å². The highest BCUT2D eigenvalue weighted by Crippen LogP contribution is 2.35. The number of nitrogens with zero attached hydrogens (tertiary/aromatic N) is 3. The number of rotatable bonds is 8. The molecule has 0 bridgehead atoms. The molecule has 1 N–H and O–H groups in total. The zero-order valence-electron chi connectivity index (χ0n) is 18.1. The Morgan fingerprint density at radius 2 is 2.03 bits per heavy atom. The van der Waals surface area contributed by atoms with E-state index in [2.05, 4.69) is 15.3 Å². The summed E-state index contributed by atoms with van der Waals surface area (Å²) in [4.78, 5) is 36.1. The number of hydrogen-bond acceptors (Lipinski definition) is 5. The highest BCUT2D eigenvalue weighted by atomic mass is 35.5. The Hall–Kier alpha value is -2.77. The van der Waals surface area contributed by atoms with Gasteiger partial charge in [-0.2, -0.15) is 0 Å². The minimum Gasteiger partial charge on any atom is -0.352 e. The lowest BCUT2D eigenvalue weighted by molar-refractivity contribution is -0.116. The second-order valence-electron chi connectivity index (χ2n) is 8.04. The molecular weight excluding hydrogens is 444 g/mol. The second kappa shape index (κ2) is 9.79. The second-order valence-corrected chi connectivity index (χ2v) is 9.38. The van der Waals surface area contributed by atoms with E-state index < -0.39 is 0 Å². The van der Waals surface area contributed by atoms with Crippen molar-refractivity contribution in [1.29, 1.82) is 0 Å². The van der Waals surface area contributed by atoms with Gasteiger partial charge in [0.05, 0.1) is 33.2 Å². The summed E-state index contributed by atoms with van der Waals surface area (Å²) in [6.45, 7) is 4.80. The van der Waals surface area contributed by atoms with Gasteiger partial charge in [-0.25, -0.2) is 4.98 Å². The number of benzene rings is 1. The molecule has 1 aromatic carbocycles. The van der Waals surface area contributed by atoms with Crippen molar-refractivity contribution in [2.45, 2.75) is 33.1 Å². The first-order valence-electron chi connectivity index (χ1n) is 10.6. The van der Waals surface area contributed by atoms with E-state index in [1.54, 1.807) is 41.5 Å². The molecule has 4 rings (SSSR count). The molecule has 1 aliphatic rings. The van der Waals surface area contributed by atoms with Crippen LogP contribution in [0, 0.1) is 12.8 Å². The molecule has 0 spiro atoms. The fourth-order valence-electron chi connectivity index (χ4n) is 3.50. The summed E-state index contributed by atoms with van der Waals surface area (Å²) in [6, 6.07) is 9.15. The molecular formula is C24H25ClN4O2S. The lowest BCUT2D eigenvalue weighted by Crippen LogP contribution is -2.30. The lowest BCUT2D eigenvalue weighted by Gasteiger charge is -2.22. The number of carbonyl (C=O) groups excluding carboxylic acids is 2. The van der Waals surface area contributed by atoms with E-state index in [-0.39, 0.29) is 11.8 Å². The molecule has 166 valence electrons. The number of carbonyl (C=O) groups is 2. The van der Waals surface area contributed by atoms with E-state index in [1.807, 2.05) is 30.6 Å². The van der Waals surface area contributed by atoms with E-state index in [9.17, 15) is 9.59 Å². The summed E-state index contributed by atoms with van der Waals surface area (Å²) >= 11 is 8.13. The molecule has 1 fully saturated rings. The maximum Gasteiger partial charge on any atom is 0.252 e. The standard InChI is InChI=1S/C24H25ClN4O2S/c1-15-23(32-14-28-15)9-10-26-24(31)19-5-7-21(27-12-19)18-6-8-22(20(25)11-18)29(16(2)30)13-17-3-4-17/h5-8,11-12,14,17H,3-4,9-10,13H2,1-2H3,(H,26,31). The van der Waals surface area contributed by atoms with Crippen LogP contribution in [0.4, 0.5) is 5.69 Å². The molecule has 0 aliphatic heterocycles. The monoisotopic (exact) mass is 468 g/mol. The quantitative estimate of drug-likeness (QED) is 0.510. The van der Waals surface area contributed by atoms with Crippen LogP contribution < -0.4 is 10.2 Å². The zero-order chi connectivity index (χ0) is 22.7. The minimum atomic E-state index is -0.156. The number of amides is 2. The minimum absolute atomic E-state index is 0.00876. The Labute approximate surface area is 196 Å².